The van der Waals surface area contributed by atoms with Crippen molar-refractivity contribution in [2.24, 2.45) is 0 Å². The Morgan fingerprint density at radius 2 is 1.89 bits per heavy atom. The zero-order chi connectivity index (χ0) is 19.8. The minimum atomic E-state index is -1.30. The van der Waals surface area contributed by atoms with Crippen molar-refractivity contribution in [2.75, 3.05) is 20.3 Å². The number of nitriles is 1. The SMILES string of the molecule is COc1cccc(C=C(C#N)C(=O)O)c1OCCOc1ccc(C)c(C)c1. The Balaban J connectivity index is 2.11. The van der Waals surface area contributed by atoms with Gasteiger partial charge in [-0.05, 0) is 49.2 Å². The molecule has 0 unspecified atom stereocenters. The van der Waals surface area contributed by atoms with Crippen LogP contribution in [0.25, 0.3) is 6.08 Å². The lowest BCUT2D eigenvalue weighted by atomic mass is 10.1. The fourth-order valence-electron chi connectivity index (χ4n) is 2.37. The highest BCUT2D eigenvalue weighted by atomic mass is 16.5. The number of carbonyl (C=O) groups is 1. The molecule has 1 N–H and O–H groups in total. The second kappa shape index (κ2) is 9.30. The minimum Gasteiger partial charge on any atom is -0.493 e. The number of hydrogen-bond acceptors (Lipinski definition) is 5. The summed E-state index contributed by atoms with van der Waals surface area (Å²) in [5, 5.41) is 18.0. The maximum absolute atomic E-state index is 11.1. The number of carboxylic acid groups (broad SMARTS) is 1. The van der Waals surface area contributed by atoms with Gasteiger partial charge in [0.25, 0.3) is 0 Å². The number of methoxy groups -OCH3 is 1. The zero-order valence-electron chi connectivity index (χ0n) is 15.5. The normalized spacial score (nSPS) is 10.8. The lowest BCUT2D eigenvalue weighted by Gasteiger charge is -2.14. The maximum Gasteiger partial charge on any atom is 0.346 e. The predicted octanol–water partition coefficient (Wildman–Crippen LogP) is 3.76. The van der Waals surface area contributed by atoms with Crippen LogP contribution in [0.5, 0.6) is 17.2 Å². The number of nitrogens with zero attached hydrogens (tertiary/aromatic N) is 1. The zero-order valence-corrected chi connectivity index (χ0v) is 15.5. The highest BCUT2D eigenvalue weighted by molar-refractivity contribution is 5.97. The third-order valence-electron chi connectivity index (χ3n) is 3.96. The first-order chi connectivity index (χ1) is 13.0. The van der Waals surface area contributed by atoms with Crippen molar-refractivity contribution in [1.82, 2.24) is 0 Å². The fraction of sp³-hybridized carbons (Fsp3) is 0.238. The van der Waals surface area contributed by atoms with Crippen molar-refractivity contribution >= 4 is 12.0 Å². The van der Waals surface area contributed by atoms with Gasteiger partial charge in [0.2, 0.25) is 0 Å². The molecule has 2 rings (SSSR count). The van der Waals surface area contributed by atoms with E-state index in [9.17, 15) is 4.79 Å². The van der Waals surface area contributed by atoms with Crippen molar-refractivity contribution in [1.29, 1.82) is 5.26 Å². The Morgan fingerprint density at radius 3 is 2.52 bits per heavy atom. The molecule has 6 nitrogen and oxygen atoms in total. The van der Waals surface area contributed by atoms with Crippen LogP contribution in [0.15, 0.2) is 42.0 Å². The van der Waals surface area contributed by atoms with Crippen LogP contribution >= 0.6 is 0 Å². The van der Waals surface area contributed by atoms with Gasteiger partial charge < -0.3 is 19.3 Å². The number of aliphatic carboxylic acids is 1. The molecule has 0 heterocycles. The summed E-state index contributed by atoms with van der Waals surface area (Å²) in [7, 11) is 1.49. The highest BCUT2D eigenvalue weighted by Gasteiger charge is 2.13. The average molecular weight is 367 g/mol. The number of benzene rings is 2. The third kappa shape index (κ3) is 5.25. The Kier molecular flexibility index (Phi) is 6.84. The predicted molar refractivity (Wildman–Crippen MR) is 101 cm³/mol. The van der Waals surface area contributed by atoms with Gasteiger partial charge in [-0.25, -0.2) is 4.79 Å². The third-order valence-corrected chi connectivity index (χ3v) is 3.96. The summed E-state index contributed by atoms with van der Waals surface area (Å²) in [6.07, 6.45) is 1.25. The van der Waals surface area contributed by atoms with Crippen LogP contribution in [0, 0.1) is 25.2 Å². The molecule has 0 radical (unpaired) electrons. The lowest BCUT2D eigenvalue weighted by molar-refractivity contribution is -0.132. The monoisotopic (exact) mass is 367 g/mol. The first-order valence-corrected chi connectivity index (χ1v) is 8.31. The maximum atomic E-state index is 11.1. The van der Waals surface area contributed by atoms with Gasteiger partial charge in [-0.3, -0.25) is 0 Å². The van der Waals surface area contributed by atoms with Gasteiger partial charge >= 0.3 is 5.97 Å². The molecular formula is C21H21NO5. The molecule has 0 aromatic heterocycles. The molecule has 0 fully saturated rings. The summed E-state index contributed by atoms with van der Waals surface area (Å²) in [5.74, 6) is 0.249. The first kappa shape index (κ1) is 19.9. The molecular weight excluding hydrogens is 346 g/mol. The summed E-state index contributed by atoms with van der Waals surface area (Å²) >= 11 is 0. The molecule has 6 heteroatoms. The second-order valence-electron chi connectivity index (χ2n) is 5.80. The van der Waals surface area contributed by atoms with Crippen LogP contribution in [-0.2, 0) is 4.79 Å². The van der Waals surface area contributed by atoms with E-state index < -0.39 is 5.97 Å². The lowest BCUT2D eigenvalue weighted by Crippen LogP contribution is -2.10. The van der Waals surface area contributed by atoms with Crippen molar-refractivity contribution in [2.45, 2.75) is 13.8 Å². The summed E-state index contributed by atoms with van der Waals surface area (Å²) < 4.78 is 16.7. The first-order valence-electron chi connectivity index (χ1n) is 8.31. The van der Waals surface area contributed by atoms with Gasteiger partial charge in [-0.2, -0.15) is 5.26 Å². The van der Waals surface area contributed by atoms with E-state index in [4.69, 9.17) is 24.6 Å². The molecule has 0 aliphatic rings. The van der Waals surface area contributed by atoms with Crippen LogP contribution in [0.3, 0.4) is 0 Å². The Labute approximate surface area is 158 Å². The van der Waals surface area contributed by atoms with E-state index in [2.05, 4.69) is 0 Å². The summed E-state index contributed by atoms with van der Waals surface area (Å²) in [4.78, 5) is 11.1. The Hall–Kier alpha value is -3.46. The van der Waals surface area contributed by atoms with E-state index >= 15 is 0 Å². The van der Waals surface area contributed by atoms with E-state index in [0.29, 0.717) is 23.7 Å². The van der Waals surface area contributed by atoms with Crippen LogP contribution in [0.1, 0.15) is 16.7 Å². The molecule has 0 bridgehead atoms. The Morgan fingerprint density at radius 1 is 1.15 bits per heavy atom. The number of rotatable bonds is 8. The molecule has 0 saturated carbocycles. The Bertz CT molecular complexity index is 896. The highest BCUT2D eigenvalue weighted by Crippen LogP contribution is 2.32. The summed E-state index contributed by atoms with van der Waals surface area (Å²) in [6.45, 7) is 4.57. The largest absolute Gasteiger partial charge is 0.493 e. The van der Waals surface area contributed by atoms with Gasteiger partial charge in [0.15, 0.2) is 11.5 Å². The van der Waals surface area contributed by atoms with Gasteiger partial charge in [0, 0.05) is 5.56 Å². The van der Waals surface area contributed by atoms with Crippen LogP contribution in [0.2, 0.25) is 0 Å². The number of aryl methyl sites for hydroxylation is 2. The fourth-order valence-corrected chi connectivity index (χ4v) is 2.37. The quantitative estimate of drug-likeness (QED) is 0.434. The van der Waals surface area contributed by atoms with Crippen molar-refractivity contribution in [3.05, 3.63) is 58.7 Å². The van der Waals surface area contributed by atoms with E-state index in [1.54, 1.807) is 24.3 Å². The number of carboxylic acids is 1. The van der Waals surface area contributed by atoms with E-state index in [1.807, 2.05) is 32.0 Å². The second-order valence-corrected chi connectivity index (χ2v) is 5.80. The summed E-state index contributed by atoms with van der Waals surface area (Å²) in [5.41, 5.74) is 2.39. The molecule has 0 atom stereocenters. The molecule has 27 heavy (non-hydrogen) atoms. The molecule has 0 spiro atoms. The van der Waals surface area contributed by atoms with Crippen molar-refractivity contribution < 1.29 is 24.1 Å². The van der Waals surface area contributed by atoms with E-state index in [-0.39, 0.29) is 12.2 Å². The van der Waals surface area contributed by atoms with E-state index in [0.717, 1.165) is 11.3 Å². The molecule has 0 amide bonds. The molecule has 140 valence electrons. The summed E-state index contributed by atoms with van der Waals surface area (Å²) in [6, 6.07) is 12.5. The van der Waals surface area contributed by atoms with Gasteiger partial charge in [-0.15, -0.1) is 0 Å². The average Bonchev–Trinajstić information content (AvgIpc) is 2.66. The van der Waals surface area contributed by atoms with Gasteiger partial charge in [0.1, 0.15) is 30.6 Å². The van der Waals surface area contributed by atoms with Crippen LogP contribution < -0.4 is 14.2 Å². The van der Waals surface area contributed by atoms with Crippen molar-refractivity contribution in [3.63, 3.8) is 0 Å². The van der Waals surface area contributed by atoms with Crippen molar-refractivity contribution in [3.8, 4) is 23.3 Å². The van der Waals surface area contributed by atoms with Crippen LogP contribution in [0.4, 0.5) is 0 Å². The number of para-hydroxylation sites is 1. The molecule has 2 aromatic carbocycles. The minimum absolute atomic E-state index is 0.225. The molecule has 0 aliphatic carbocycles. The van der Waals surface area contributed by atoms with Gasteiger partial charge in [0.05, 0.1) is 7.11 Å². The number of ether oxygens (including phenoxy) is 3. The van der Waals surface area contributed by atoms with Gasteiger partial charge in [-0.1, -0.05) is 18.2 Å². The molecule has 0 aliphatic heterocycles. The number of hydrogen-bond donors (Lipinski definition) is 1. The molecule has 2 aromatic rings. The van der Waals surface area contributed by atoms with Crippen LogP contribution in [-0.4, -0.2) is 31.4 Å². The standard InChI is InChI=1S/C21H21NO5/c1-14-7-8-18(11-15(14)2)26-9-10-27-20-16(5-4-6-19(20)25-3)12-17(13-22)21(23)24/h4-8,11-12H,9-10H2,1-3H3,(H,23,24). The van der Waals surface area contributed by atoms with E-state index in [1.165, 1.54) is 18.7 Å². The topological polar surface area (TPSA) is 88.8 Å². The molecule has 0 saturated heterocycles. The smallest absolute Gasteiger partial charge is 0.346 e.